The lowest BCUT2D eigenvalue weighted by atomic mass is 10.1. The SMILES string of the molecule is CNC(=O)[C@@H]1CN(C(=O)c2cccc(NC(=O)c3cccs3)c2)c2ccccc2O1. The zero-order chi connectivity index (χ0) is 21.1. The Labute approximate surface area is 177 Å². The predicted molar refractivity (Wildman–Crippen MR) is 115 cm³/mol. The van der Waals surface area contributed by atoms with Gasteiger partial charge in [-0.2, -0.15) is 0 Å². The molecule has 0 aliphatic carbocycles. The van der Waals surface area contributed by atoms with Gasteiger partial charge in [0.05, 0.1) is 17.1 Å². The second kappa shape index (κ2) is 8.38. The van der Waals surface area contributed by atoms with E-state index in [1.165, 1.54) is 23.3 Å². The summed E-state index contributed by atoms with van der Waals surface area (Å²) in [7, 11) is 1.53. The third-order valence-corrected chi connectivity index (χ3v) is 5.54. The number of thiophene rings is 1. The molecule has 0 unspecified atom stereocenters. The second-order valence-corrected chi connectivity index (χ2v) is 7.56. The number of hydrogen-bond acceptors (Lipinski definition) is 5. The molecular weight excluding hydrogens is 402 g/mol. The van der Waals surface area contributed by atoms with Crippen LogP contribution in [0, 0.1) is 0 Å². The molecule has 0 spiro atoms. The van der Waals surface area contributed by atoms with Gasteiger partial charge in [-0.25, -0.2) is 0 Å². The van der Waals surface area contributed by atoms with Gasteiger partial charge in [0.2, 0.25) is 0 Å². The largest absolute Gasteiger partial charge is 0.477 e. The summed E-state index contributed by atoms with van der Waals surface area (Å²) in [5.41, 5.74) is 1.51. The summed E-state index contributed by atoms with van der Waals surface area (Å²) in [4.78, 5) is 39.9. The second-order valence-electron chi connectivity index (χ2n) is 6.62. The monoisotopic (exact) mass is 421 g/mol. The van der Waals surface area contributed by atoms with E-state index in [-0.39, 0.29) is 24.3 Å². The predicted octanol–water partition coefficient (Wildman–Crippen LogP) is 3.15. The first-order valence-corrected chi connectivity index (χ1v) is 10.2. The maximum absolute atomic E-state index is 13.3. The van der Waals surface area contributed by atoms with Gasteiger partial charge in [-0.15, -0.1) is 11.3 Å². The van der Waals surface area contributed by atoms with Crippen LogP contribution < -0.4 is 20.3 Å². The smallest absolute Gasteiger partial charge is 0.265 e. The number of nitrogens with one attached hydrogen (secondary N) is 2. The molecule has 1 aliphatic rings. The van der Waals surface area contributed by atoms with Gasteiger partial charge in [-0.3, -0.25) is 14.4 Å². The number of benzene rings is 2. The Morgan fingerprint density at radius 1 is 1.07 bits per heavy atom. The van der Waals surface area contributed by atoms with E-state index in [0.29, 0.717) is 27.6 Å². The third kappa shape index (κ3) is 3.90. The molecule has 0 radical (unpaired) electrons. The van der Waals surface area contributed by atoms with Crippen molar-refractivity contribution in [3.8, 4) is 5.75 Å². The number of fused-ring (bicyclic) bond motifs is 1. The average molecular weight is 421 g/mol. The summed E-state index contributed by atoms with van der Waals surface area (Å²) in [6.45, 7) is 0.0846. The number of likely N-dealkylation sites (N-methyl/N-ethyl adjacent to an activating group) is 1. The topological polar surface area (TPSA) is 87.7 Å². The maximum atomic E-state index is 13.3. The lowest BCUT2D eigenvalue weighted by molar-refractivity contribution is -0.127. The van der Waals surface area contributed by atoms with Crippen LogP contribution >= 0.6 is 11.3 Å². The number of carbonyl (C=O) groups excluding carboxylic acids is 3. The first-order chi connectivity index (χ1) is 14.6. The van der Waals surface area contributed by atoms with Gasteiger partial charge < -0.3 is 20.3 Å². The van der Waals surface area contributed by atoms with Gasteiger partial charge in [0, 0.05) is 18.3 Å². The van der Waals surface area contributed by atoms with Gasteiger partial charge in [0.15, 0.2) is 6.10 Å². The molecule has 2 N–H and O–H groups in total. The molecule has 1 aliphatic heterocycles. The van der Waals surface area contributed by atoms with Crippen LogP contribution in [0.3, 0.4) is 0 Å². The van der Waals surface area contributed by atoms with Crippen LogP contribution in [0.15, 0.2) is 66.0 Å². The molecule has 3 amide bonds. The number of rotatable bonds is 4. The van der Waals surface area contributed by atoms with E-state index in [4.69, 9.17) is 4.74 Å². The molecule has 2 heterocycles. The van der Waals surface area contributed by atoms with Crippen LogP contribution in [0.1, 0.15) is 20.0 Å². The minimum absolute atomic E-state index is 0.0846. The van der Waals surface area contributed by atoms with E-state index in [1.54, 1.807) is 60.7 Å². The van der Waals surface area contributed by atoms with Crippen LogP contribution in [-0.4, -0.2) is 37.4 Å². The van der Waals surface area contributed by atoms with Gasteiger partial charge in [-0.05, 0) is 41.8 Å². The first kappa shape index (κ1) is 19.7. The van der Waals surface area contributed by atoms with Crippen LogP contribution in [0.4, 0.5) is 11.4 Å². The van der Waals surface area contributed by atoms with Crippen molar-refractivity contribution in [1.29, 1.82) is 0 Å². The van der Waals surface area contributed by atoms with E-state index >= 15 is 0 Å². The third-order valence-electron chi connectivity index (χ3n) is 4.67. The van der Waals surface area contributed by atoms with E-state index in [2.05, 4.69) is 10.6 Å². The molecule has 4 rings (SSSR count). The van der Waals surface area contributed by atoms with Crippen molar-refractivity contribution in [2.24, 2.45) is 0 Å². The summed E-state index contributed by atoms with van der Waals surface area (Å²) >= 11 is 1.34. The van der Waals surface area contributed by atoms with Gasteiger partial charge in [-0.1, -0.05) is 24.3 Å². The van der Waals surface area contributed by atoms with Gasteiger partial charge >= 0.3 is 0 Å². The molecule has 1 aromatic heterocycles. The number of nitrogens with zero attached hydrogens (tertiary/aromatic N) is 1. The van der Waals surface area contributed by atoms with Crippen molar-refractivity contribution in [2.45, 2.75) is 6.10 Å². The zero-order valence-electron chi connectivity index (χ0n) is 16.1. The fraction of sp³-hybridized carbons (Fsp3) is 0.136. The van der Waals surface area contributed by atoms with Crippen molar-refractivity contribution >= 4 is 40.4 Å². The maximum Gasteiger partial charge on any atom is 0.265 e. The molecule has 152 valence electrons. The summed E-state index contributed by atoms with van der Waals surface area (Å²) < 4.78 is 5.76. The number of ether oxygens (including phenoxy) is 1. The molecule has 0 bridgehead atoms. The highest BCUT2D eigenvalue weighted by Crippen LogP contribution is 2.34. The van der Waals surface area contributed by atoms with Crippen LogP contribution in [-0.2, 0) is 4.79 Å². The Balaban J connectivity index is 1.60. The first-order valence-electron chi connectivity index (χ1n) is 9.31. The van der Waals surface area contributed by atoms with Crippen molar-refractivity contribution in [1.82, 2.24) is 5.32 Å². The van der Waals surface area contributed by atoms with Crippen LogP contribution in [0.25, 0.3) is 0 Å². The summed E-state index contributed by atoms with van der Waals surface area (Å²) in [6, 6.07) is 17.4. The molecule has 30 heavy (non-hydrogen) atoms. The van der Waals surface area contributed by atoms with E-state index < -0.39 is 6.10 Å². The van der Waals surface area contributed by atoms with E-state index in [1.807, 2.05) is 5.38 Å². The summed E-state index contributed by atoms with van der Waals surface area (Å²) in [6.07, 6.45) is -0.810. The highest BCUT2D eigenvalue weighted by Gasteiger charge is 2.33. The number of anilines is 2. The lowest BCUT2D eigenvalue weighted by Crippen LogP contribution is -2.50. The van der Waals surface area contributed by atoms with Crippen molar-refractivity contribution in [3.05, 3.63) is 76.5 Å². The van der Waals surface area contributed by atoms with Gasteiger partial charge in [0.1, 0.15) is 5.75 Å². The molecule has 0 saturated heterocycles. The van der Waals surface area contributed by atoms with Gasteiger partial charge in [0.25, 0.3) is 17.7 Å². The van der Waals surface area contributed by atoms with E-state index in [9.17, 15) is 14.4 Å². The van der Waals surface area contributed by atoms with Crippen molar-refractivity contribution in [3.63, 3.8) is 0 Å². The molecule has 8 heteroatoms. The van der Waals surface area contributed by atoms with Crippen molar-refractivity contribution < 1.29 is 19.1 Å². The molecule has 0 saturated carbocycles. The highest BCUT2D eigenvalue weighted by molar-refractivity contribution is 7.12. The number of amides is 3. The Morgan fingerprint density at radius 2 is 1.90 bits per heavy atom. The Bertz CT molecular complexity index is 1100. The highest BCUT2D eigenvalue weighted by atomic mass is 32.1. The van der Waals surface area contributed by atoms with Crippen LogP contribution in [0.2, 0.25) is 0 Å². The Kier molecular flexibility index (Phi) is 5.49. The van der Waals surface area contributed by atoms with E-state index in [0.717, 1.165) is 0 Å². The minimum Gasteiger partial charge on any atom is -0.477 e. The lowest BCUT2D eigenvalue weighted by Gasteiger charge is -2.34. The molecule has 2 aromatic carbocycles. The Hall–Kier alpha value is -3.65. The summed E-state index contributed by atoms with van der Waals surface area (Å²) in [5, 5.41) is 7.20. The normalized spacial score (nSPS) is 15.0. The minimum atomic E-state index is -0.810. The number of para-hydroxylation sites is 2. The molecule has 3 aromatic rings. The standard InChI is InChI=1S/C22H19N3O4S/c1-23-20(26)18-13-25(16-8-2-3-9-17(16)29-18)22(28)14-6-4-7-15(12-14)24-21(27)19-10-5-11-30-19/h2-12,18H,13H2,1H3,(H,23,26)(H,24,27)/t18-/m0/s1. The quantitative estimate of drug-likeness (QED) is 0.677. The van der Waals surface area contributed by atoms with Crippen molar-refractivity contribution in [2.75, 3.05) is 23.8 Å². The average Bonchev–Trinajstić information content (AvgIpc) is 3.32. The fourth-order valence-corrected chi connectivity index (χ4v) is 3.83. The molecular formula is C22H19N3O4S. The molecule has 0 fully saturated rings. The summed E-state index contributed by atoms with van der Waals surface area (Å²) in [5.74, 6) is -0.356. The Morgan fingerprint density at radius 3 is 2.67 bits per heavy atom. The number of carbonyl (C=O) groups is 3. The molecule has 1 atom stereocenters. The van der Waals surface area contributed by atoms with Crippen LogP contribution in [0.5, 0.6) is 5.75 Å². The zero-order valence-corrected chi connectivity index (χ0v) is 16.9. The molecule has 7 nitrogen and oxygen atoms in total. The fourth-order valence-electron chi connectivity index (χ4n) is 3.21. The number of hydrogen-bond donors (Lipinski definition) is 2.